The maximum Gasteiger partial charge on any atom is 0.308 e. The number of ether oxygens (including phenoxy) is 1. The van der Waals surface area contributed by atoms with Crippen LogP contribution < -0.4 is 5.32 Å². The van der Waals surface area contributed by atoms with E-state index in [9.17, 15) is 23.2 Å². The first-order valence-corrected chi connectivity index (χ1v) is 8.98. The Labute approximate surface area is 158 Å². The first-order chi connectivity index (χ1) is 12.8. The predicted molar refractivity (Wildman–Crippen MR) is 95.6 cm³/mol. The average molecular weight is 391 g/mol. The molecule has 0 aromatic heterocycles. The number of benzene rings is 2. The summed E-state index contributed by atoms with van der Waals surface area (Å²) < 4.78 is 31.3. The minimum absolute atomic E-state index is 0.104. The summed E-state index contributed by atoms with van der Waals surface area (Å²) >= 11 is 1.24. The first kappa shape index (κ1) is 19.0. The fourth-order valence-electron chi connectivity index (χ4n) is 2.56. The van der Waals surface area contributed by atoms with Crippen molar-refractivity contribution in [1.29, 1.82) is 0 Å². The zero-order chi connectivity index (χ0) is 19.6. The SMILES string of the molecule is C[C@@H](OC(=O)C[C@H]1Sc2ccccc2NC1=O)C(=O)c1ccc(F)c(F)c1. The van der Waals surface area contributed by atoms with Crippen LogP contribution in [0.2, 0.25) is 0 Å². The standard InChI is InChI=1S/C19H15F2NO4S/c1-10(18(24)11-6-7-12(20)13(21)8-11)26-17(23)9-16-19(25)22-14-4-2-3-5-15(14)27-16/h2-8,10,16H,9H2,1H3,(H,22,25)/t10-,16-/m1/s1. The van der Waals surface area contributed by atoms with Gasteiger partial charge >= 0.3 is 5.97 Å². The Hall–Kier alpha value is -2.74. The molecule has 3 rings (SSSR count). The molecule has 0 unspecified atom stereocenters. The molecule has 2 aromatic carbocycles. The van der Waals surface area contributed by atoms with Crippen molar-refractivity contribution in [2.24, 2.45) is 0 Å². The number of anilines is 1. The Balaban J connectivity index is 1.61. The third-order valence-corrected chi connectivity index (χ3v) is 5.22. The third-order valence-electron chi connectivity index (χ3n) is 3.94. The van der Waals surface area contributed by atoms with Crippen LogP contribution >= 0.6 is 11.8 Å². The summed E-state index contributed by atoms with van der Waals surface area (Å²) in [5, 5.41) is 2.03. The predicted octanol–water partition coefficient (Wildman–Crippen LogP) is 3.58. The molecule has 5 nitrogen and oxygen atoms in total. The lowest BCUT2D eigenvalue weighted by Crippen LogP contribution is -2.33. The fraction of sp³-hybridized carbons (Fsp3) is 0.211. The van der Waals surface area contributed by atoms with Gasteiger partial charge in [-0.25, -0.2) is 8.78 Å². The molecule has 0 radical (unpaired) electrons. The van der Waals surface area contributed by atoms with Crippen LogP contribution in [0.1, 0.15) is 23.7 Å². The number of thioether (sulfide) groups is 1. The van der Waals surface area contributed by atoms with Crippen molar-refractivity contribution in [3.8, 4) is 0 Å². The number of halogens is 2. The molecule has 27 heavy (non-hydrogen) atoms. The van der Waals surface area contributed by atoms with Crippen molar-refractivity contribution in [2.45, 2.75) is 29.6 Å². The van der Waals surface area contributed by atoms with Gasteiger partial charge in [0.2, 0.25) is 11.7 Å². The summed E-state index contributed by atoms with van der Waals surface area (Å²) in [5.74, 6) is -3.95. The van der Waals surface area contributed by atoms with Crippen LogP contribution in [-0.2, 0) is 14.3 Å². The minimum atomic E-state index is -1.19. The van der Waals surface area contributed by atoms with Crippen LogP contribution in [0.15, 0.2) is 47.4 Å². The van der Waals surface area contributed by atoms with Crippen molar-refractivity contribution in [3.63, 3.8) is 0 Å². The van der Waals surface area contributed by atoms with Gasteiger partial charge in [-0.15, -0.1) is 11.8 Å². The molecule has 0 spiro atoms. The Morgan fingerprint density at radius 2 is 1.93 bits per heavy atom. The summed E-state index contributed by atoms with van der Waals surface area (Å²) in [6.07, 6.45) is -1.41. The number of carbonyl (C=O) groups is 3. The Kier molecular flexibility index (Phi) is 5.55. The molecule has 2 aromatic rings. The van der Waals surface area contributed by atoms with E-state index in [1.54, 1.807) is 12.1 Å². The molecule has 8 heteroatoms. The van der Waals surface area contributed by atoms with Gasteiger partial charge in [0.05, 0.1) is 17.4 Å². The van der Waals surface area contributed by atoms with Crippen LogP contribution in [0.25, 0.3) is 0 Å². The van der Waals surface area contributed by atoms with E-state index in [1.165, 1.54) is 18.7 Å². The average Bonchev–Trinajstić information content (AvgIpc) is 2.64. The number of para-hydroxylation sites is 1. The molecule has 1 amide bonds. The second-order valence-corrected chi connectivity index (χ2v) is 7.17. The molecule has 0 saturated carbocycles. The maximum absolute atomic E-state index is 13.3. The number of amides is 1. The van der Waals surface area contributed by atoms with Crippen LogP contribution in [0.4, 0.5) is 14.5 Å². The lowest BCUT2D eigenvalue weighted by Gasteiger charge is -2.23. The maximum atomic E-state index is 13.3. The van der Waals surface area contributed by atoms with E-state index in [-0.39, 0.29) is 17.9 Å². The van der Waals surface area contributed by atoms with Crippen molar-refractivity contribution in [2.75, 3.05) is 5.32 Å². The van der Waals surface area contributed by atoms with Gasteiger partial charge in [0, 0.05) is 10.5 Å². The zero-order valence-corrected chi connectivity index (χ0v) is 15.0. The fourth-order valence-corrected chi connectivity index (χ4v) is 3.66. The molecule has 0 saturated heterocycles. The quantitative estimate of drug-likeness (QED) is 0.623. The lowest BCUT2D eigenvalue weighted by molar-refractivity contribution is -0.147. The number of rotatable bonds is 5. The van der Waals surface area contributed by atoms with Gasteiger partial charge in [-0.05, 0) is 37.3 Å². The van der Waals surface area contributed by atoms with Gasteiger partial charge in [0.1, 0.15) is 0 Å². The van der Waals surface area contributed by atoms with E-state index in [0.717, 1.165) is 23.1 Å². The molecule has 0 bridgehead atoms. The lowest BCUT2D eigenvalue weighted by atomic mass is 10.1. The number of nitrogens with one attached hydrogen (secondary N) is 1. The van der Waals surface area contributed by atoms with Crippen LogP contribution in [-0.4, -0.2) is 29.0 Å². The number of ketones is 1. The molecule has 1 aliphatic rings. The molecule has 0 fully saturated rings. The molecule has 0 aliphatic carbocycles. The van der Waals surface area contributed by atoms with Crippen LogP contribution in [0.5, 0.6) is 0 Å². The summed E-state index contributed by atoms with van der Waals surface area (Å²) in [6.45, 7) is 1.34. The van der Waals surface area contributed by atoms with Crippen molar-refractivity contribution in [1.82, 2.24) is 0 Å². The van der Waals surface area contributed by atoms with E-state index < -0.39 is 34.7 Å². The topological polar surface area (TPSA) is 72.5 Å². The Morgan fingerprint density at radius 1 is 1.19 bits per heavy atom. The van der Waals surface area contributed by atoms with E-state index in [0.29, 0.717) is 5.69 Å². The van der Waals surface area contributed by atoms with Gasteiger partial charge in [0.25, 0.3) is 0 Å². The van der Waals surface area contributed by atoms with E-state index >= 15 is 0 Å². The largest absolute Gasteiger partial charge is 0.454 e. The van der Waals surface area contributed by atoms with E-state index in [1.807, 2.05) is 12.1 Å². The highest BCUT2D eigenvalue weighted by Crippen LogP contribution is 2.36. The molecule has 1 N–H and O–H groups in total. The zero-order valence-electron chi connectivity index (χ0n) is 14.2. The van der Waals surface area contributed by atoms with Gasteiger partial charge in [0.15, 0.2) is 17.7 Å². The monoisotopic (exact) mass is 391 g/mol. The van der Waals surface area contributed by atoms with Crippen LogP contribution in [0, 0.1) is 11.6 Å². The van der Waals surface area contributed by atoms with Crippen molar-refractivity contribution in [3.05, 3.63) is 59.7 Å². The molecular formula is C19H15F2NO4S. The molecular weight excluding hydrogens is 376 g/mol. The van der Waals surface area contributed by atoms with Gasteiger partial charge in [-0.1, -0.05) is 12.1 Å². The third kappa shape index (κ3) is 4.33. The number of fused-ring (bicyclic) bond motifs is 1. The van der Waals surface area contributed by atoms with E-state index in [4.69, 9.17) is 4.74 Å². The summed E-state index contributed by atoms with van der Waals surface area (Å²) in [7, 11) is 0. The molecule has 1 aliphatic heterocycles. The summed E-state index contributed by atoms with van der Waals surface area (Å²) in [6, 6.07) is 9.90. The molecule has 2 atom stereocenters. The van der Waals surface area contributed by atoms with Gasteiger partial charge in [-0.3, -0.25) is 14.4 Å². The minimum Gasteiger partial charge on any atom is -0.454 e. The highest BCUT2D eigenvalue weighted by Gasteiger charge is 2.30. The Bertz CT molecular complexity index is 918. The summed E-state index contributed by atoms with van der Waals surface area (Å²) in [5.41, 5.74) is 0.576. The van der Waals surface area contributed by atoms with Gasteiger partial charge in [-0.2, -0.15) is 0 Å². The second kappa shape index (κ2) is 7.87. The summed E-state index contributed by atoms with van der Waals surface area (Å²) in [4.78, 5) is 37.3. The normalized spacial score (nSPS) is 16.9. The number of hydrogen-bond acceptors (Lipinski definition) is 5. The van der Waals surface area contributed by atoms with Crippen molar-refractivity contribution >= 4 is 35.1 Å². The Morgan fingerprint density at radius 3 is 2.67 bits per heavy atom. The van der Waals surface area contributed by atoms with Crippen LogP contribution in [0.3, 0.4) is 0 Å². The van der Waals surface area contributed by atoms with Gasteiger partial charge < -0.3 is 10.1 Å². The molecule has 1 heterocycles. The smallest absolute Gasteiger partial charge is 0.308 e. The highest BCUT2D eigenvalue weighted by atomic mass is 32.2. The highest BCUT2D eigenvalue weighted by molar-refractivity contribution is 8.01. The number of esters is 1. The number of carbonyl (C=O) groups excluding carboxylic acids is 3. The number of hydrogen-bond donors (Lipinski definition) is 1. The van der Waals surface area contributed by atoms with E-state index in [2.05, 4.69) is 5.32 Å². The number of Topliss-reactive ketones (excluding diaryl/α,β-unsaturated/α-hetero) is 1. The molecule has 140 valence electrons. The first-order valence-electron chi connectivity index (χ1n) is 8.10. The second-order valence-electron chi connectivity index (χ2n) is 5.92. The van der Waals surface area contributed by atoms with Crippen molar-refractivity contribution < 1.29 is 27.9 Å².